The van der Waals surface area contributed by atoms with Crippen molar-refractivity contribution in [2.24, 2.45) is 0 Å². The van der Waals surface area contributed by atoms with Crippen LogP contribution in [-0.2, 0) is 6.42 Å². The third-order valence-electron chi connectivity index (χ3n) is 2.57. The minimum atomic E-state index is -0.220. The molecule has 0 amide bonds. The number of halogens is 1. The van der Waals surface area contributed by atoms with Crippen LogP contribution in [0, 0.1) is 5.82 Å². The number of nitrogens with two attached hydrogens (primary N) is 2. The van der Waals surface area contributed by atoms with Gasteiger partial charge in [-0.1, -0.05) is 12.1 Å². The summed E-state index contributed by atoms with van der Waals surface area (Å²) in [7, 11) is 0. The van der Waals surface area contributed by atoms with Crippen molar-refractivity contribution in [3.63, 3.8) is 0 Å². The highest BCUT2D eigenvalue weighted by atomic mass is 19.1. The van der Waals surface area contributed by atoms with E-state index in [1.165, 1.54) is 12.1 Å². The molecule has 1 heterocycles. The van der Waals surface area contributed by atoms with Crippen molar-refractivity contribution in [1.29, 1.82) is 0 Å². The number of nitrogen functional groups attached to an aromatic ring is 2. The summed E-state index contributed by atoms with van der Waals surface area (Å²) in [5.41, 5.74) is 12.6. The van der Waals surface area contributed by atoms with Crippen molar-refractivity contribution in [2.45, 2.75) is 6.42 Å². The average Bonchev–Trinajstić information content (AvgIpc) is 2.34. The summed E-state index contributed by atoms with van der Waals surface area (Å²) in [4.78, 5) is 4.09. The molecule has 2 rings (SSSR count). The monoisotopic (exact) mass is 246 g/mol. The minimum Gasteiger partial charge on any atom is -0.396 e. The van der Waals surface area contributed by atoms with Gasteiger partial charge in [0, 0.05) is 6.54 Å². The molecule has 94 valence electrons. The smallest absolute Gasteiger partial charge is 0.149 e. The molecule has 5 heteroatoms. The first-order valence-electron chi connectivity index (χ1n) is 5.65. The maximum absolute atomic E-state index is 13.0. The molecule has 5 N–H and O–H groups in total. The Morgan fingerprint density at radius 2 is 2.00 bits per heavy atom. The molecule has 0 bridgehead atoms. The van der Waals surface area contributed by atoms with E-state index >= 15 is 0 Å². The zero-order valence-corrected chi connectivity index (χ0v) is 9.86. The molecule has 1 aromatic carbocycles. The van der Waals surface area contributed by atoms with Gasteiger partial charge in [0.2, 0.25) is 0 Å². The summed E-state index contributed by atoms with van der Waals surface area (Å²) < 4.78 is 13.0. The van der Waals surface area contributed by atoms with Crippen LogP contribution in [0.3, 0.4) is 0 Å². The topological polar surface area (TPSA) is 77.0 Å². The van der Waals surface area contributed by atoms with Gasteiger partial charge in [-0.2, -0.15) is 0 Å². The largest absolute Gasteiger partial charge is 0.396 e. The summed E-state index contributed by atoms with van der Waals surface area (Å²) >= 11 is 0. The van der Waals surface area contributed by atoms with Crippen LogP contribution in [0.5, 0.6) is 0 Å². The number of hydrogen-bond donors (Lipinski definition) is 3. The highest BCUT2D eigenvalue weighted by Crippen LogP contribution is 2.14. The predicted molar refractivity (Wildman–Crippen MR) is 71.7 cm³/mol. The summed E-state index contributed by atoms with van der Waals surface area (Å²) in [6, 6.07) is 10.00. The lowest BCUT2D eigenvalue weighted by atomic mass is 10.1. The van der Waals surface area contributed by atoms with Crippen molar-refractivity contribution < 1.29 is 4.39 Å². The molecule has 18 heavy (non-hydrogen) atoms. The normalized spacial score (nSPS) is 10.3. The Bertz CT molecular complexity index is 542. The zero-order valence-electron chi connectivity index (χ0n) is 9.86. The van der Waals surface area contributed by atoms with Gasteiger partial charge in [0.15, 0.2) is 0 Å². The summed E-state index contributed by atoms with van der Waals surface area (Å²) in [5, 5.41) is 3.11. The highest BCUT2D eigenvalue weighted by molar-refractivity contribution is 5.61. The van der Waals surface area contributed by atoms with E-state index in [9.17, 15) is 4.39 Å². The third kappa shape index (κ3) is 3.10. The fraction of sp³-hybridized carbons (Fsp3) is 0.154. The molecule has 0 fully saturated rings. The molecule has 0 aliphatic rings. The Hall–Kier alpha value is -2.30. The van der Waals surface area contributed by atoms with Crippen LogP contribution in [0.15, 0.2) is 36.4 Å². The fourth-order valence-electron chi connectivity index (χ4n) is 1.61. The zero-order chi connectivity index (χ0) is 13.0. The van der Waals surface area contributed by atoms with Gasteiger partial charge >= 0.3 is 0 Å². The number of rotatable bonds is 4. The molecule has 0 spiro atoms. The lowest BCUT2D eigenvalue weighted by Crippen LogP contribution is -2.08. The van der Waals surface area contributed by atoms with E-state index in [0.29, 0.717) is 30.3 Å². The molecule has 0 atom stereocenters. The van der Waals surface area contributed by atoms with Crippen LogP contribution >= 0.6 is 0 Å². The molecule has 0 saturated carbocycles. The van der Waals surface area contributed by atoms with E-state index in [1.807, 2.05) is 6.07 Å². The quantitative estimate of drug-likeness (QED) is 0.771. The second-order valence-electron chi connectivity index (χ2n) is 3.98. The molecular formula is C13H15FN4. The lowest BCUT2D eigenvalue weighted by Gasteiger charge is -2.07. The molecule has 2 aromatic rings. The number of benzene rings is 1. The molecule has 1 aromatic heterocycles. The van der Waals surface area contributed by atoms with E-state index in [2.05, 4.69) is 10.3 Å². The van der Waals surface area contributed by atoms with Crippen LogP contribution < -0.4 is 16.8 Å². The van der Waals surface area contributed by atoms with E-state index in [0.717, 1.165) is 5.56 Å². The van der Waals surface area contributed by atoms with E-state index < -0.39 is 0 Å². The van der Waals surface area contributed by atoms with Gasteiger partial charge in [-0.05, 0) is 36.2 Å². The van der Waals surface area contributed by atoms with Crippen molar-refractivity contribution in [3.8, 4) is 0 Å². The van der Waals surface area contributed by atoms with Crippen molar-refractivity contribution in [2.75, 3.05) is 23.3 Å². The predicted octanol–water partition coefficient (Wildman–Crippen LogP) is 2.04. The Morgan fingerprint density at radius 3 is 2.72 bits per heavy atom. The maximum atomic E-state index is 13.0. The standard InChI is InChI=1S/C13H15FN4/c14-10-3-1-2-9(8-10)6-7-17-12-5-4-11(15)13(16)18-12/h1-5,8H,6-7,15H2,(H3,16,17,18). The summed E-state index contributed by atoms with van der Waals surface area (Å²) in [6.07, 6.45) is 0.712. The van der Waals surface area contributed by atoms with E-state index in [1.54, 1.807) is 18.2 Å². The Kier molecular flexibility index (Phi) is 3.62. The first-order valence-corrected chi connectivity index (χ1v) is 5.65. The fourth-order valence-corrected chi connectivity index (χ4v) is 1.61. The maximum Gasteiger partial charge on any atom is 0.149 e. The number of hydrogen-bond acceptors (Lipinski definition) is 4. The highest BCUT2D eigenvalue weighted by Gasteiger charge is 1.99. The Labute approximate surface area is 105 Å². The van der Waals surface area contributed by atoms with Gasteiger partial charge in [0.05, 0.1) is 5.69 Å². The van der Waals surface area contributed by atoms with Crippen LogP contribution in [-0.4, -0.2) is 11.5 Å². The van der Waals surface area contributed by atoms with Crippen molar-refractivity contribution in [3.05, 3.63) is 47.8 Å². The summed E-state index contributed by atoms with van der Waals surface area (Å²) in [6.45, 7) is 0.653. The average molecular weight is 246 g/mol. The third-order valence-corrected chi connectivity index (χ3v) is 2.57. The molecular weight excluding hydrogens is 231 g/mol. The molecule has 0 unspecified atom stereocenters. The molecule has 0 radical (unpaired) electrons. The molecule has 0 saturated heterocycles. The molecule has 0 aliphatic carbocycles. The van der Waals surface area contributed by atoms with Gasteiger partial charge in [-0.25, -0.2) is 9.37 Å². The number of nitrogens with one attached hydrogen (secondary N) is 1. The number of aromatic nitrogens is 1. The van der Waals surface area contributed by atoms with Crippen LogP contribution in [0.25, 0.3) is 0 Å². The van der Waals surface area contributed by atoms with Crippen molar-refractivity contribution in [1.82, 2.24) is 4.98 Å². The Morgan fingerprint density at radius 1 is 1.17 bits per heavy atom. The second-order valence-corrected chi connectivity index (χ2v) is 3.98. The Balaban J connectivity index is 1.90. The van der Waals surface area contributed by atoms with Crippen LogP contribution in [0.2, 0.25) is 0 Å². The minimum absolute atomic E-state index is 0.220. The molecule has 4 nitrogen and oxygen atoms in total. The van der Waals surface area contributed by atoms with Gasteiger partial charge in [0.1, 0.15) is 17.5 Å². The SMILES string of the molecule is Nc1ccc(NCCc2cccc(F)c2)nc1N. The number of anilines is 3. The number of pyridine rings is 1. The summed E-state index contributed by atoms with van der Waals surface area (Å²) in [5.74, 6) is 0.756. The van der Waals surface area contributed by atoms with Gasteiger partial charge in [0.25, 0.3) is 0 Å². The van der Waals surface area contributed by atoms with Gasteiger partial charge < -0.3 is 16.8 Å². The first kappa shape index (κ1) is 12.2. The van der Waals surface area contributed by atoms with Gasteiger partial charge in [-0.3, -0.25) is 0 Å². The van der Waals surface area contributed by atoms with Crippen molar-refractivity contribution >= 4 is 17.3 Å². The lowest BCUT2D eigenvalue weighted by molar-refractivity contribution is 0.625. The van der Waals surface area contributed by atoms with Gasteiger partial charge in [-0.15, -0.1) is 0 Å². The van der Waals surface area contributed by atoms with Crippen LogP contribution in [0.4, 0.5) is 21.7 Å². The second kappa shape index (κ2) is 5.35. The number of nitrogens with zero attached hydrogens (tertiary/aromatic N) is 1. The first-order chi connectivity index (χ1) is 8.65. The van der Waals surface area contributed by atoms with Crippen LogP contribution in [0.1, 0.15) is 5.56 Å². The van der Waals surface area contributed by atoms with E-state index in [-0.39, 0.29) is 5.82 Å². The van der Waals surface area contributed by atoms with E-state index in [4.69, 9.17) is 11.5 Å². The molecule has 0 aliphatic heterocycles.